The van der Waals surface area contributed by atoms with Crippen LogP contribution < -0.4 is 4.74 Å². The number of thiophene rings is 1. The summed E-state index contributed by atoms with van der Waals surface area (Å²) in [6.45, 7) is 2.32. The molecular weight excluding hydrogens is 324 g/mol. The van der Waals surface area contributed by atoms with E-state index in [0.29, 0.717) is 33.6 Å². The first-order valence-corrected chi connectivity index (χ1v) is 7.71. The van der Waals surface area contributed by atoms with Gasteiger partial charge in [-0.3, -0.25) is 0 Å². The molecule has 0 aliphatic heterocycles. The first kappa shape index (κ1) is 14.7. The minimum atomic E-state index is -1.00. The lowest BCUT2D eigenvalue weighted by Gasteiger charge is -2.08. The number of rotatable bonds is 4. The first-order chi connectivity index (χ1) is 10.6. The lowest BCUT2D eigenvalue weighted by Crippen LogP contribution is -2.01. The number of benzene rings is 1. The number of halogens is 1. The number of aromatic carboxylic acids is 1. The van der Waals surface area contributed by atoms with Gasteiger partial charge < -0.3 is 9.84 Å². The van der Waals surface area contributed by atoms with Crippen LogP contribution in [0.5, 0.6) is 5.88 Å². The Hall–Kier alpha value is -2.18. The minimum absolute atomic E-state index is 0.170. The van der Waals surface area contributed by atoms with Crippen molar-refractivity contribution in [3.05, 3.63) is 40.2 Å². The summed E-state index contributed by atoms with van der Waals surface area (Å²) in [6, 6.07) is 8.28. The van der Waals surface area contributed by atoms with Gasteiger partial charge in [0.05, 0.1) is 32.3 Å². The molecule has 3 rings (SSSR count). The van der Waals surface area contributed by atoms with Crippen LogP contribution in [0.25, 0.3) is 21.6 Å². The number of ether oxygens (including phenoxy) is 1. The zero-order valence-corrected chi connectivity index (χ0v) is 13.1. The van der Waals surface area contributed by atoms with Crippen LogP contribution in [-0.4, -0.2) is 27.7 Å². The molecule has 0 fully saturated rings. The number of hydrogen-bond donors (Lipinski definition) is 1. The second-order valence-corrected chi connectivity index (χ2v) is 6.14. The van der Waals surface area contributed by atoms with E-state index in [4.69, 9.17) is 21.4 Å². The molecule has 0 saturated carbocycles. The van der Waals surface area contributed by atoms with Gasteiger partial charge in [0.25, 0.3) is 0 Å². The largest absolute Gasteiger partial charge is 0.478 e. The Kier molecular flexibility index (Phi) is 3.96. The number of fused-ring (bicyclic) bond motifs is 1. The summed E-state index contributed by atoms with van der Waals surface area (Å²) in [5, 5.41) is 9.80. The number of nitrogens with zero attached hydrogens (tertiary/aromatic N) is 2. The molecular formula is C15H11ClN2O3S. The Labute approximate surface area is 135 Å². The van der Waals surface area contributed by atoms with Crippen molar-refractivity contribution in [2.75, 3.05) is 6.61 Å². The molecule has 0 saturated heterocycles. The predicted octanol–water partition coefficient (Wildman–Crippen LogP) is 4.11. The van der Waals surface area contributed by atoms with Crippen LogP contribution in [0.15, 0.2) is 30.3 Å². The van der Waals surface area contributed by atoms with Crippen LogP contribution in [0.2, 0.25) is 4.34 Å². The van der Waals surface area contributed by atoms with E-state index in [-0.39, 0.29) is 5.56 Å². The van der Waals surface area contributed by atoms with E-state index in [2.05, 4.69) is 9.97 Å². The molecule has 3 aromatic rings. The maximum absolute atomic E-state index is 11.1. The highest BCUT2D eigenvalue weighted by molar-refractivity contribution is 7.19. The molecule has 2 aromatic heterocycles. The van der Waals surface area contributed by atoms with E-state index in [9.17, 15) is 4.79 Å². The van der Waals surface area contributed by atoms with Crippen LogP contribution >= 0.6 is 22.9 Å². The van der Waals surface area contributed by atoms with Gasteiger partial charge >= 0.3 is 5.97 Å². The minimum Gasteiger partial charge on any atom is -0.478 e. The molecule has 0 bridgehead atoms. The zero-order valence-electron chi connectivity index (χ0n) is 11.5. The van der Waals surface area contributed by atoms with Crippen molar-refractivity contribution < 1.29 is 14.6 Å². The normalized spacial score (nSPS) is 10.8. The molecule has 0 radical (unpaired) electrons. The van der Waals surface area contributed by atoms with Crippen molar-refractivity contribution in [1.82, 2.24) is 9.97 Å². The predicted molar refractivity (Wildman–Crippen MR) is 86.0 cm³/mol. The number of carboxylic acids is 1. The highest BCUT2D eigenvalue weighted by Gasteiger charge is 2.14. The van der Waals surface area contributed by atoms with Crippen molar-refractivity contribution >= 4 is 39.8 Å². The Balaban J connectivity index is 2.23. The van der Waals surface area contributed by atoms with E-state index >= 15 is 0 Å². The van der Waals surface area contributed by atoms with Gasteiger partial charge in [-0.25, -0.2) is 9.78 Å². The van der Waals surface area contributed by atoms with Gasteiger partial charge in [0.1, 0.15) is 0 Å². The zero-order chi connectivity index (χ0) is 15.7. The topological polar surface area (TPSA) is 72.3 Å². The van der Waals surface area contributed by atoms with Crippen LogP contribution in [0.3, 0.4) is 0 Å². The van der Waals surface area contributed by atoms with Crippen LogP contribution in [0, 0.1) is 0 Å². The van der Waals surface area contributed by atoms with E-state index in [1.807, 2.05) is 13.0 Å². The summed E-state index contributed by atoms with van der Waals surface area (Å²) < 4.78 is 6.20. The van der Waals surface area contributed by atoms with Crippen molar-refractivity contribution in [2.24, 2.45) is 0 Å². The van der Waals surface area contributed by atoms with Crippen LogP contribution in [0.4, 0.5) is 0 Å². The average Bonchev–Trinajstić information content (AvgIpc) is 2.93. The quantitative estimate of drug-likeness (QED) is 0.777. The average molecular weight is 335 g/mol. The lowest BCUT2D eigenvalue weighted by molar-refractivity contribution is 0.0697. The molecule has 0 amide bonds. The third-order valence-electron chi connectivity index (χ3n) is 2.98. The molecule has 0 aliphatic rings. The lowest BCUT2D eigenvalue weighted by atomic mass is 10.1. The van der Waals surface area contributed by atoms with Crippen molar-refractivity contribution in [3.63, 3.8) is 0 Å². The van der Waals surface area contributed by atoms with E-state index < -0.39 is 5.97 Å². The molecule has 1 aromatic carbocycles. The summed E-state index contributed by atoms with van der Waals surface area (Å²) in [4.78, 5) is 20.8. The molecule has 0 atom stereocenters. The Bertz CT molecular complexity index is 863. The first-order valence-electron chi connectivity index (χ1n) is 6.52. The molecule has 7 heteroatoms. The summed E-state index contributed by atoms with van der Waals surface area (Å²) in [5.41, 5.74) is 0.696. The highest BCUT2D eigenvalue weighted by Crippen LogP contribution is 2.32. The van der Waals surface area contributed by atoms with Gasteiger partial charge in [0, 0.05) is 0 Å². The molecule has 5 nitrogen and oxygen atoms in total. The molecule has 0 aliphatic carbocycles. The number of aromatic nitrogens is 2. The van der Waals surface area contributed by atoms with Crippen molar-refractivity contribution in [2.45, 2.75) is 6.92 Å². The SMILES string of the molecule is CCOc1nc(-c2ccc(Cl)s2)nc2cc(C(=O)O)ccc12. The van der Waals surface area contributed by atoms with Gasteiger partial charge in [0.15, 0.2) is 5.82 Å². The smallest absolute Gasteiger partial charge is 0.335 e. The standard InChI is InChI=1S/C15H11ClN2O3S/c1-2-21-14-9-4-3-8(15(19)20)7-10(9)17-13(18-14)11-5-6-12(16)22-11/h3-7H,2H2,1H3,(H,19,20). The Morgan fingerprint density at radius 2 is 2.14 bits per heavy atom. The fourth-order valence-electron chi connectivity index (χ4n) is 2.02. The van der Waals surface area contributed by atoms with Crippen LogP contribution in [-0.2, 0) is 0 Å². The van der Waals surface area contributed by atoms with Gasteiger partial charge in [-0.2, -0.15) is 4.98 Å². The fraction of sp³-hybridized carbons (Fsp3) is 0.133. The van der Waals surface area contributed by atoms with Gasteiger partial charge in [-0.15, -0.1) is 11.3 Å². The van der Waals surface area contributed by atoms with E-state index in [1.165, 1.54) is 23.5 Å². The highest BCUT2D eigenvalue weighted by atomic mass is 35.5. The molecule has 112 valence electrons. The van der Waals surface area contributed by atoms with Gasteiger partial charge in [0.2, 0.25) is 5.88 Å². The fourth-order valence-corrected chi connectivity index (χ4v) is 3.00. The second kappa shape index (κ2) is 5.90. The van der Waals surface area contributed by atoms with Gasteiger partial charge in [-0.1, -0.05) is 11.6 Å². The Morgan fingerprint density at radius 1 is 1.32 bits per heavy atom. The maximum atomic E-state index is 11.1. The van der Waals surface area contributed by atoms with Gasteiger partial charge in [-0.05, 0) is 37.3 Å². The third-order valence-corrected chi connectivity index (χ3v) is 4.21. The molecule has 22 heavy (non-hydrogen) atoms. The summed E-state index contributed by atoms with van der Waals surface area (Å²) in [5.74, 6) is -0.0986. The van der Waals surface area contributed by atoms with Crippen molar-refractivity contribution in [3.8, 4) is 16.6 Å². The summed E-state index contributed by atoms with van der Waals surface area (Å²) in [6.07, 6.45) is 0. The second-order valence-electron chi connectivity index (χ2n) is 4.43. The van der Waals surface area contributed by atoms with Crippen LogP contribution in [0.1, 0.15) is 17.3 Å². The molecule has 2 heterocycles. The number of hydrogen-bond acceptors (Lipinski definition) is 5. The van der Waals surface area contributed by atoms with E-state index in [0.717, 1.165) is 4.88 Å². The molecule has 0 unspecified atom stereocenters. The Morgan fingerprint density at radius 3 is 2.77 bits per heavy atom. The van der Waals surface area contributed by atoms with Crippen molar-refractivity contribution in [1.29, 1.82) is 0 Å². The number of carboxylic acid groups (broad SMARTS) is 1. The molecule has 0 spiro atoms. The third kappa shape index (κ3) is 2.75. The van der Waals surface area contributed by atoms with E-state index in [1.54, 1.807) is 12.1 Å². The maximum Gasteiger partial charge on any atom is 0.335 e. The molecule has 1 N–H and O–H groups in total. The summed E-state index contributed by atoms with van der Waals surface area (Å²) >= 11 is 7.31. The summed E-state index contributed by atoms with van der Waals surface area (Å²) in [7, 11) is 0. The number of carbonyl (C=O) groups is 1. The monoisotopic (exact) mass is 334 g/mol.